The zero-order valence-electron chi connectivity index (χ0n) is 25.0. The summed E-state index contributed by atoms with van der Waals surface area (Å²) in [7, 11) is 0. The van der Waals surface area contributed by atoms with Crippen LogP contribution in [0, 0.1) is 0 Å². The van der Waals surface area contributed by atoms with E-state index in [2.05, 4.69) is 123 Å². The van der Waals surface area contributed by atoms with Crippen molar-refractivity contribution in [3.8, 4) is 22.3 Å². The second kappa shape index (κ2) is 10.9. The Morgan fingerprint density at radius 2 is 1.36 bits per heavy atom. The lowest BCUT2D eigenvalue weighted by molar-refractivity contribution is 0.540. The van der Waals surface area contributed by atoms with E-state index in [1.165, 1.54) is 22.3 Å². The molecule has 0 spiro atoms. The Balaban J connectivity index is 1.23. The zero-order chi connectivity index (χ0) is 30.5. The third-order valence-corrected chi connectivity index (χ3v) is 9.32. The van der Waals surface area contributed by atoms with Crippen LogP contribution in [0.15, 0.2) is 161 Å². The van der Waals surface area contributed by atoms with E-state index >= 15 is 0 Å². The van der Waals surface area contributed by atoms with Crippen molar-refractivity contribution >= 4 is 33.4 Å². The fraction of sp³-hybridized carbons (Fsp3) is 0.0952. The number of hydrogen-bond acceptors (Lipinski definition) is 3. The average Bonchev–Trinajstić information content (AvgIpc) is 3.49. The Labute approximate surface area is 263 Å². The van der Waals surface area contributed by atoms with Gasteiger partial charge in [-0.05, 0) is 70.5 Å². The molecule has 0 saturated heterocycles. The summed E-state index contributed by atoms with van der Waals surface area (Å²) >= 11 is 0. The fourth-order valence-corrected chi connectivity index (χ4v) is 7.09. The normalized spacial score (nSPS) is 17.6. The molecule has 2 atom stereocenters. The lowest BCUT2D eigenvalue weighted by atomic mass is 9.79. The van der Waals surface area contributed by atoms with Gasteiger partial charge in [-0.2, -0.15) is 0 Å². The van der Waals surface area contributed by atoms with Crippen LogP contribution in [0.5, 0.6) is 0 Å². The standard InChI is InChI=1S/C42H32N2O/c1-4-37-33-14-10-9-13-32(33)35-23-19-30-20-24-36-34-22-21-31(29-17-15-28(16-18-29)27-11-7-6-8-12-27)25-39(34)45-42(36)40(30)38(5-2)43-26(3)41(35)44-37/h4-18,20-22,24-25,35,41H,1-3,19,23H2. The van der Waals surface area contributed by atoms with E-state index in [1.54, 1.807) is 0 Å². The van der Waals surface area contributed by atoms with Gasteiger partial charge in [-0.15, -0.1) is 0 Å². The Kier molecular flexibility index (Phi) is 6.53. The first-order chi connectivity index (χ1) is 22.1. The average molecular weight is 581 g/mol. The maximum absolute atomic E-state index is 6.72. The number of hydrogen-bond donors (Lipinski definition) is 0. The number of rotatable bonds is 4. The Morgan fingerprint density at radius 1 is 0.689 bits per heavy atom. The fourth-order valence-electron chi connectivity index (χ4n) is 7.09. The van der Waals surface area contributed by atoms with E-state index in [9.17, 15) is 0 Å². The minimum atomic E-state index is -0.167. The van der Waals surface area contributed by atoms with Gasteiger partial charge in [-0.25, -0.2) is 0 Å². The topological polar surface area (TPSA) is 37.9 Å². The molecule has 0 aliphatic carbocycles. The second-order valence-corrected chi connectivity index (χ2v) is 11.8. The summed E-state index contributed by atoms with van der Waals surface area (Å²) in [6, 6.07) is 38.4. The van der Waals surface area contributed by atoms with E-state index in [0.717, 1.165) is 74.2 Å². The third kappa shape index (κ3) is 4.51. The molecular weight excluding hydrogens is 548 g/mol. The quantitative estimate of drug-likeness (QED) is 0.204. The van der Waals surface area contributed by atoms with Gasteiger partial charge < -0.3 is 4.42 Å². The summed E-state index contributed by atoms with van der Waals surface area (Å²) in [6.07, 6.45) is 5.43. The van der Waals surface area contributed by atoms with Crippen LogP contribution in [0.4, 0.5) is 0 Å². The molecule has 3 heterocycles. The Morgan fingerprint density at radius 3 is 2.13 bits per heavy atom. The molecule has 0 bridgehead atoms. The number of fused-ring (bicyclic) bond motifs is 8. The maximum Gasteiger partial charge on any atom is 0.145 e. The monoisotopic (exact) mass is 580 g/mol. The van der Waals surface area contributed by atoms with Gasteiger partial charge in [0.2, 0.25) is 0 Å². The highest BCUT2D eigenvalue weighted by Crippen LogP contribution is 2.41. The summed E-state index contributed by atoms with van der Waals surface area (Å²) < 4.78 is 6.72. The van der Waals surface area contributed by atoms with Gasteiger partial charge in [0, 0.05) is 27.8 Å². The lowest BCUT2D eigenvalue weighted by Crippen LogP contribution is -2.27. The van der Waals surface area contributed by atoms with E-state index in [-0.39, 0.29) is 12.0 Å². The van der Waals surface area contributed by atoms with Gasteiger partial charge in [0.1, 0.15) is 11.2 Å². The van der Waals surface area contributed by atoms with Crippen LogP contribution in [-0.2, 0) is 6.42 Å². The molecule has 0 amide bonds. The van der Waals surface area contributed by atoms with Crippen molar-refractivity contribution in [2.75, 3.05) is 0 Å². The molecule has 2 aliphatic heterocycles. The van der Waals surface area contributed by atoms with Crippen molar-refractivity contribution in [3.05, 3.63) is 169 Å². The molecule has 0 saturated carbocycles. The summed E-state index contributed by atoms with van der Waals surface area (Å²) in [5.74, 6) is 0.167. The van der Waals surface area contributed by atoms with Crippen LogP contribution in [-0.4, -0.2) is 17.5 Å². The lowest BCUT2D eigenvalue weighted by Gasteiger charge is -2.31. The van der Waals surface area contributed by atoms with Crippen LogP contribution >= 0.6 is 0 Å². The highest BCUT2D eigenvalue weighted by Gasteiger charge is 2.33. The summed E-state index contributed by atoms with van der Waals surface area (Å²) in [5, 5.41) is 2.16. The summed E-state index contributed by atoms with van der Waals surface area (Å²) in [5.41, 5.74) is 13.4. The minimum absolute atomic E-state index is 0.167. The number of benzene rings is 5. The first kappa shape index (κ1) is 27.0. The smallest absolute Gasteiger partial charge is 0.145 e. The number of aliphatic imine (C=N–C) groups is 2. The molecule has 2 unspecified atom stereocenters. The number of nitrogens with zero attached hydrogens (tertiary/aromatic N) is 2. The van der Waals surface area contributed by atoms with Crippen LogP contribution in [0.3, 0.4) is 0 Å². The third-order valence-electron chi connectivity index (χ3n) is 9.32. The number of aryl methyl sites for hydroxylation is 1. The number of allylic oxidation sites excluding steroid dienone is 2. The molecule has 45 heavy (non-hydrogen) atoms. The van der Waals surface area contributed by atoms with Crippen molar-refractivity contribution in [1.82, 2.24) is 0 Å². The second-order valence-electron chi connectivity index (χ2n) is 11.8. The molecule has 3 nitrogen and oxygen atoms in total. The molecule has 6 aromatic rings. The molecular formula is C42H32N2O. The first-order valence-corrected chi connectivity index (χ1v) is 15.5. The summed E-state index contributed by atoms with van der Waals surface area (Å²) in [4.78, 5) is 10.2. The van der Waals surface area contributed by atoms with Crippen molar-refractivity contribution in [2.24, 2.45) is 9.98 Å². The predicted molar refractivity (Wildman–Crippen MR) is 188 cm³/mol. The van der Waals surface area contributed by atoms with Crippen molar-refractivity contribution in [3.63, 3.8) is 0 Å². The SMILES string of the molecule is C=CC1=NC2C(=C)N=C(C=C)c3c(ccc4c3oc3cc(-c5ccc(-c6ccccc6)cc5)ccc34)CCC2c2ccccc21. The first-order valence-electron chi connectivity index (χ1n) is 15.5. The van der Waals surface area contributed by atoms with Gasteiger partial charge >= 0.3 is 0 Å². The van der Waals surface area contributed by atoms with E-state index < -0.39 is 0 Å². The number of furan rings is 1. The van der Waals surface area contributed by atoms with E-state index in [4.69, 9.17) is 14.4 Å². The van der Waals surface area contributed by atoms with Crippen molar-refractivity contribution in [2.45, 2.75) is 24.8 Å². The molecule has 8 rings (SSSR count). The van der Waals surface area contributed by atoms with Gasteiger partial charge in [0.05, 0.1) is 23.2 Å². The zero-order valence-corrected chi connectivity index (χ0v) is 25.0. The highest BCUT2D eigenvalue weighted by atomic mass is 16.3. The Bertz CT molecular complexity index is 2210. The Hall–Kier alpha value is -5.54. The molecule has 0 fully saturated rings. The van der Waals surface area contributed by atoms with Crippen molar-refractivity contribution < 1.29 is 4.42 Å². The van der Waals surface area contributed by atoms with Crippen molar-refractivity contribution in [1.29, 1.82) is 0 Å². The molecule has 3 heteroatoms. The van der Waals surface area contributed by atoms with Gasteiger partial charge in [0.15, 0.2) is 0 Å². The van der Waals surface area contributed by atoms with E-state index in [0.29, 0.717) is 0 Å². The van der Waals surface area contributed by atoms with Gasteiger partial charge in [0.25, 0.3) is 0 Å². The van der Waals surface area contributed by atoms with Crippen LogP contribution in [0.1, 0.15) is 34.6 Å². The minimum Gasteiger partial charge on any atom is -0.455 e. The molecule has 0 N–H and O–H groups in total. The highest BCUT2D eigenvalue weighted by molar-refractivity contribution is 6.20. The molecule has 5 aromatic carbocycles. The van der Waals surface area contributed by atoms with Crippen LogP contribution in [0.2, 0.25) is 0 Å². The van der Waals surface area contributed by atoms with E-state index in [1.807, 2.05) is 18.2 Å². The molecule has 2 aliphatic rings. The van der Waals surface area contributed by atoms with Crippen LogP contribution < -0.4 is 0 Å². The van der Waals surface area contributed by atoms with Gasteiger partial charge in [-0.1, -0.05) is 117 Å². The van der Waals surface area contributed by atoms with Crippen LogP contribution in [0.25, 0.3) is 44.2 Å². The van der Waals surface area contributed by atoms with Gasteiger partial charge in [-0.3, -0.25) is 9.98 Å². The molecule has 0 radical (unpaired) electrons. The summed E-state index contributed by atoms with van der Waals surface area (Å²) in [6.45, 7) is 12.7. The molecule has 216 valence electrons. The molecule has 1 aromatic heterocycles. The maximum atomic E-state index is 6.72. The predicted octanol–water partition coefficient (Wildman–Crippen LogP) is 10.5. The largest absolute Gasteiger partial charge is 0.455 e.